The van der Waals surface area contributed by atoms with Crippen LogP contribution in [-0.2, 0) is 28.9 Å². The molecule has 0 saturated carbocycles. The number of aromatic nitrogens is 2. The first-order chi connectivity index (χ1) is 25.9. The van der Waals surface area contributed by atoms with E-state index in [1.165, 1.54) is 92.7 Å². The lowest BCUT2D eigenvalue weighted by Crippen LogP contribution is -2.52. The zero-order chi connectivity index (χ0) is 37.4. The molecule has 8 rings (SSSR count). The molecular weight excluding hydrogens is 661 g/mol. The minimum absolute atomic E-state index is 0. The number of aryl methyl sites for hydroxylation is 1. The maximum absolute atomic E-state index is 10.9. The number of carbonyl (C=O) groups is 1. The van der Waals surface area contributed by atoms with E-state index in [0.717, 1.165) is 69.8 Å². The summed E-state index contributed by atoms with van der Waals surface area (Å²) in [5.74, 6) is 1.19. The second kappa shape index (κ2) is 18.3. The van der Waals surface area contributed by atoms with Gasteiger partial charge in [-0.25, -0.2) is 0 Å². The Hall–Kier alpha value is -3.43. The van der Waals surface area contributed by atoms with Crippen LogP contribution in [0.3, 0.4) is 0 Å². The van der Waals surface area contributed by atoms with Gasteiger partial charge in [0.2, 0.25) is 0 Å². The molecule has 0 spiro atoms. The van der Waals surface area contributed by atoms with Gasteiger partial charge in [-0.1, -0.05) is 77.8 Å². The number of fused-ring (bicyclic) bond motifs is 5. The first kappa shape index (κ1) is 39.3. The molecule has 2 aromatic carbocycles. The van der Waals surface area contributed by atoms with Crippen molar-refractivity contribution in [3.05, 3.63) is 53.2 Å². The number of rotatable bonds is 10. The molecule has 6 heterocycles. The minimum Gasteiger partial charge on any atom is -0.469 e. The van der Waals surface area contributed by atoms with Crippen LogP contribution in [0.4, 0.5) is 11.5 Å². The van der Waals surface area contributed by atoms with Gasteiger partial charge in [0, 0.05) is 49.8 Å². The summed E-state index contributed by atoms with van der Waals surface area (Å²) in [7, 11) is 1.45. The molecule has 0 aliphatic carbocycles. The number of nitrogens with one attached hydrogen (secondary N) is 1. The predicted molar refractivity (Wildman–Crippen MR) is 219 cm³/mol. The fourth-order valence-electron chi connectivity index (χ4n) is 9.51. The fourth-order valence-corrected chi connectivity index (χ4v) is 9.51. The summed E-state index contributed by atoms with van der Waals surface area (Å²) in [5, 5.41) is 6.51. The molecule has 292 valence electrons. The van der Waals surface area contributed by atoms with Gasteiger partial charge in [0.25, 0.3) is 0 Å². The number of hydrogen-bond donors (Lipinski definition) is 1. The SMILES string of the molecule is CCC.CCCC(CC)C(=O)OC.CCc1cccc2cccc(N3CCc4c(nc(OCC56CCCN5CCC6)nc4N4CC5CCC(C4)N5)C3)c12.[HH]. The van der Waals surface area contributed by atoms with Gasteiger partial charge in [-0.05, 0) is 94.3 Å². The van der Waals surface area contributed by atoms with Crippen molar-refractivity contribution < 1.29 is 15.7 Å². The van der Waals surface area contributed by atoms with Gasteiger partial charge in [0.15, 0.2) is 0 Å². The van der Waals surface area contributed by atoms with Crippen LogP contribution in [0.5, 0.6) is 6.01 Å². The van der Waals surface area contributed by atoms with Gasteiger partial charge < -0.3 is 24.6 Å². The number of methoxy groups -OCH3 is 1. The zero-order valence-corrected chi connectivity index (χ0v) is 33.6. The van der Waals surface area contributed by atoms with Gasteiger partial charge in [-0.2, -0.15) is 9.97 Å². The van der Waals surface area contributed by atoms with Crippen molar-refractivity contribution >= 4 is 28.2 Å². The Kier molecular flexibility index (Phi) is 13.5. The van der Waals surface area contributed by atoms with Crippen molar-refractivity contribution in [2.75, 3.05) is 56.2 Å². The highest BCUT2D eigenvalue weighted by atomic mass is 16.5. The lowest BCUT2D eigenvalue weighted by atomic mass is 9.95. The summed E-state index contributed by atoms with van der Waals surface area (Å²) in [5.41, 5.74) is 5.42. The van der Waals surface area contributed by atoms with Crippen LogP contribution in [0.25, 0.3) is 10.8 Å². The first-order valence-corrected chi connectivity index (χ1v) is 21.0. The molecular formula is C44H68N6O3. The molecule has 53 heavy (non-hydrogen) atoms. The van der Waals surface area contributed by atoms with Gasteiger partial charge in [-0.3, -0.25) is 9.69 Å². The fraction of sp³-hybridized carbons (Fsp3) is 0.659. The number of piperazine rings is 1. The van der Waals surface area contributed by atoms with E-state index < -0.39 is 0 Å². The molecule has 4 saturated heterocycles. The van der Waals surface area contributed by atoms with Crippen molar-refractivity contribution in [3.8, 4) is 6.01 Å². The largest absolute Gasteiger partial charge is 0.469 e. The summed E-state index contributed by atoms with van der Waals surface area (Å²) in [6.45, 7) is 17.6. The van der Waals surface area contributed by atoms with Crippen LogP contribution < -0.4 is 19.9 Å². The zero-order valence-electron chi connectivity index (χ0n) is 33.6. The van der Waals surface area contributed by atoms with Gasteiger partial charge in [0.1, 0.15) is 12.4 Å². The van der Waals surface area contributed by atoms with E-state index in [9.17, 15) is 4.79 Å². The van der Waals surface area contributed by atoms with E-state index in [-0.39, 0.29) is 18.9 Å². The number of esters is 1. The minimum atomic E-state index is -0.0654. The Morgan fingerprint density at radius 3 is 2.30 bits per heavy atom. The number of benzene rings is 2. The van der Waals surface area contributed by atoms with Crippen LogP contribution in [0, 0.1) is 5.92 Å². The second-order valence-corrected chi connectivity index (χ2v) is 15.9. The topological polar surface area (TPSA) is 83.1 Å². The van der Waals surface area contributed by atoms with Crippen LogP contribution in [0.15, 0.2) is 36.4 Å². The van der Waals surface area contributed by atoms with E-state index in [1.54, 1.807) is 0 Å². The van der Waals surface area contributed by atoms with Gasteiger partial charge in [-0.15, -0.1) is 0 Å². The Morgan fingerprint density at radius 2 is 1.66 bits per heavy atom. The van der Waals surface area contributed by atoms with Crippen molar-refractivity contribution in [2.45, 2.75) is 136 Å². The summed E-state index contributed by atoms with van der Waals surface area (Å²) >= 11 is 0. The Bertz CT molecular complexity index is 1640. The maximum Gasteiger partial charge on any atom is 0.318 e. The van der Waals surface area contributed by atoms with Crippen LogP contribution in [0.2, 0.25) is 0 Å². The molecule has 3 aromatic rings. The standard InChI is InChI=1S/C33H42N6O.C8H16O2.C3H8.H2/c1-2-23-7-3-8-24-9-4-10-29(30(23)24)37-18-13-27-28(21-37)35-32(40-22-33-14-5-16-39(33)17-6-15-33)36-31(27)38-19-25-11-12-26(20-38)34-25;1-4-6-7(5-2)8(9)10-3;1-3-2;/h3-4,7-10,25-26,34H,2,5-6,11-22H2,1H3;7H,4-6H2,1-3H3;3H2,1-2H3;1H. The summed E-state index contributed by atoms with van der Waals surface area (Å²) in [6.07, 6.45) is 13.7. The number of ether oxygens (including phenoxy) is 2. The van der Waals surface area contributed by atoms with Gasteiger partial charge in [0.05, 0.1) is 30.8 Å². The molecule has 4 fully saturated rings. The highest BCUT2D eigenvalue weighted by Crippen LogP contribution is 2.40. The molecule has 5 aliphatic heterocycles. The smallest absolute Gasteiger partial charge is 0.318 e. The van der Waals surface area contributed by atoms with Crippen LogP contribution in [-0.4, -0.2) is 84.9 Å². The molecule has 3 atom stereocenters. The molecule has 9 heteroatoms. The summed E-state index contributed by atoms with van der Waals surface area (Å²) in [4.78, 5) is 29.0. The van der Waals surface area contributed by atoms with Crippen LogP contribution in [0.1, 0.15) is 117 Å². The molecule has 0 amide bonds. The van der Waals surface area contributed by atoms with Crippen molar-refractivity contribution in [2.24, 2.45) is 5.92 Å². The Balaban J connectivity index is 0.000000348. The highest BCUT2D eigenvalue weighted by molar-refractivity contribution is 5.97. The molecule has 1 aromatic heterocycles. The summed E-state index contributed by atoms with van der Waals surface area (Å²) in [6, 6.07) is 15.2. The van der Waals surface area contributed by atoms with E-state index >= 15 is 0 Å². The average Bonchev–Trinajstić information content (AvgIpc) is 3.88. The van der Waals surface area contributed by atoms with E-state index in [2.05, 4.69) is 88.8 Å². The van der Waals surface area contributed by atoms with Crippen LogP contribution >= 0.6 is 0 Å². The number of anilines is 2. The molecule has 2 bridgehead atoms. The second-order valence-electron chi connectivity index (χ2n) is 15.9. The third kappa shape index (κ3) is 8.77. The normalized spacial score (nSPS) is 21.9. The monoisotopic (exact) mass is 729 g/mol. The Labute approximate surface area is 320 Å². The van der Waals surface area contributed by atoms with E-state index in [0.29, 0.717) is 24.7 Å². The molecule has 5 aliphatic rings. The highest BCUT2D eigenvalue weighted by Gasteiger charge is 2.45. The number of nitrogens with zero attached hydrogens (tertiary/aromatic N) is 5. The lowest BCUT2D eigenvalue weighted by molar-refractivity contribution is -0.145. The van der Waals surface area contributed by atoms with E-state index in [1.807, 2.05) is 6.92 Å². The van der Waals surface area contributed by atoms with Gasteiger partial charge >= 0.3 is 12.0 Å². The lowest BCUT2D eigenvalue weighted by Gasteiger charge is -2.38. The first-order valence-electron chi connectivity index (χ1n) is 21.0. The maximum atomic E-state index is 10.9. The molecule has 1 N–H and O–H groups in total. The average molecular weight is 729 g/mol. The third-order valence-corrected chi connectivity index (χ3v) is 12.2. The van der Waals surface area contributed by atoms with Crippen molar-refractivity contribution in [1.82, 2.24) is 20.2 Å². The molecule has 3 unspecified atom stereocenters. The third-order valence-electron chi connectivity index (χ3n) is 12.2. The van der Waals surface area contributed by atoms with Crippen molar-refractivity contribution in [1.29, 1.82) is 0 Å². The summed E-state index contributed by atoms with van der Waals surface area (Å²) < 4.78 is 11.2. The van der Waals surface area contributed by atoms with E-state index in [4.69, 9.17) is 14.7 Å². The number of carbonyl (C=O) groups excluding carboxylic acids is 1. The molecule has 9 nitrogen and oxygen atoms in total. The number of hydrogen-bond acceptors (Lipinski definition) is 9. The quantitative estimate of drug-likeness (QED) is 0.207. The van der Waals surface area contributed by atoms with Crippen molar-refractivity contribution in [3.63, 3.8) is 0 Å². The predicted octanol–water partition coefficient (Wildman–Crippen LogP) is 8.35. The molecule has 0 radical (unpaired) electrons. The Morgan fingerprint density at radius 1 is 0.962 bits per heavy atom.